The molecule has 0 saturated carbocycles. The molecule has 0 aromatic heterocycles. The summed E-state index contributed by atoms with van der Waals surface area (Å²) in [5, 5.41) is 0. The molecule has 96 valence electrons. The predicted octanol–water partition coefficient (Wildman–Crippen LogP) is 2.41. The van der Waals surface area contributed by atoms with Gasteiger partial charge in [-0.05, 0) is 32.9 Å². The average molecular weight is 260 g/mol. The number of benzene rings is 1. The van der Waals surface area contributed by atoms with Crippen molar-refractivity contribution in [1.82, 2.24) is 0 Å². The minimum atomic E-state index is -3.61. The zero-order valence-corrected chi connectivity index (χ0v) is 11.1. The van der Waals surface area contributed by atoms with Crippen LogP contribution in [0.1, 0.15) is 20.8 Å². The fourth-order valence-electron chi connectivity index (χ4n) is 1.26. The van der Waals surface area contributed by atoms with E-state index in [4.69, 9.17) is 4.74 Å². The zero-order chi connectivity index (χ0) is 13.1. The first-order valence-electron chi connectivity index (χ1n) is 5.34. The number of rotatable bonds is 4. The van der Waals surface area contributed by atoms with E-state index in [2.05, 4.69) is 0 Å². The molecule has 0 unspecified atom stereocenters. The van der Waals surface area contributed by atoms with Crippen molar-refractivity contribution < 1.29 is 17.5 Å². The molecule has 1 aromatic carbocycles. The van der Waals surface area contributed by atoms with Gasteiger partial charge in [0.15, 0.2) is 9.84 Å². The van der Waals surface area contributed by atoms with Crippen LogP contribution in [0.5, 0.6) is 0 Å². The number of ether oxygens (including phenoxy) is 1. The van der Waals surface area contributed by atoms with E-state index in [1.165, 1.54) is 18.2 Å². The van der Waals surface area contributed by atoms with Gasteiger partial charge in [-0.2, -0.15) is 0 Å². The normalized spacial score (nSPS) is 12.7. The van der Waals surface area contributed by atoms with Crippen molar-refractivity contribution in [2.75, 3.05) is 12.4 Å². The molecular weight excluding hydrogens is 243 g/mol. The standard InChI is InChI=1S/C12H17FO3S/c1-12(2,3)16-8-9-17(14,15)11-7-5-4-6-10(11)13/h4-7H,8-9H2,1-3H3. The minimum absolute atomic E-state index is 0.0557. The van der Waals surface area contributed by atoms with Gasteiger partial charge in [-0.15, -0.1) is 0 Å². The highest BCUT2D eigenvalue weighted by Gasteiger charge is 2.20. The minimum Gasteiger partial charge on any atom is -0.375 e. The van der Waals surface area contributed by atoms with E-state index in [9.17, 15) is 12.8 Å². The fraction of sp³-hybridized carbons (Fsp3) is 0.500. The second-order valence-corrected chi connectivity index (χ2v) is 6.79. The molecule has 0 amide bonds. The van der Waals surface area contributed by atoms with Crippen LogP contribution < -0.4 is 0 Å². The van der Waals surface area contributed by atoms with E-state index in [1.54, 1.807) is 0 Å². The van der Waals surface area contributed by atoms with Gasteiger partial charge in [-0.25, -0.2) is 12.8 Å². The van der Waals surface area contributed by atoms with Gasteiger partial charge in [-0.1, -0.05) is 12.1 Å². The Bertz CT molecular complexity index is 475. The first-order chi connectivity index (χ1) is 7.72. The fourth-order valence-corrected chi connectivity index (χ4v) is 2.44. The van der Waals surface area contributed by atoms with Crippen LogP contribution in [0.2, 0.25) is 0 Å². The second-order valence-electron chi connectivity index (χ2n) is 4.71. The molecule has 3 nitrogen and oxygen atoms in total. The van der Waals surface area contributed by atoms with Gasteiger partial charge in [0.25, 0.3) is 0 Å². The molecule has 0 aliphatic heterocycles. The van der Waals surface area contributed by atoms with Crippen LogP contribution in [0.3, 0.4) is 0 Å². The quantitative estimate of drug-likeness (QED) is 0.835. The Morgan fingerprint density at radius 2 is 1.82 bits per heavy atom. The van der Waals surface area contributed by atoms with Crippen LogP contribution in [0, 0.1) is 5.82 Å². The maximum absolute atomic E-state index is 13.3. The van der Waals surface area contributed by atoms with E-state index in [0.717, 1.165) is 6.07 Å². The van der Waals surface area contributed by atoms with Crippen LogP contribution in [0.25, 0.3) is 0 Å². The van der Waals surface area contributed by atoms with Crippen molar-refractivity contribution in [2.45, 2.75) is 31.3 Å². The molecule has 0 heterocycles. The van der Waals surface area contributed by atoms with Crippen LogP contribution in [-0.2, 0) is 14.6 Å². The molecule has 0 bridgehead atoms. The molecular formula is C12H17FO3S. The van der Waals surface area contributed by atoms with Crippen LogP contribution in [0.15, 0.2) is 29.2 Å². The summed E-state index contributed by atoms with van der Waals surface area (Å²) in [6.07, 6.45) is 0. The first-order valence-corrected chi connectivity index (χ1v) is 6.99. The maximum Gasteiger partial charge on any atom is 0.183 e. The first kappa shape index (κ1) is 14.1. The molecule has 0 radical (unpaired) electrons. The molecule has 1 rings (SSSR count). The number of halogens is 1. The molecule has 0 aliphatic carbocycles. The highest BCUT2D eigenvalue weighted by molar-refractivity contribution is 7.91. The van der Waals surface area contributed by atoms with Gasteiger partial charge in [0, 0.05) is 0 Å². The monoisotopic (exact) mass is 260 g/mol. The van der Waals surface area contributed by atoms with Gasteiger partial charge in [-0.3, -0.25) is 0 Å². The van der Waals surface area contributed by atoms with Crippen molar-refractivity contribution in [1.29, 1.82) is 0 Å². The van der Waals surface area contributed by atoms with E-state index in [0.29, 0.717) is 0 Å². The molecule has 0 aliphatic rings. The van der Waals surface area contributed by atoms with E-state index >= 15 is 0 Å². The molecule has 5 heteroatoms. The van der Waals surface area contributed by atoms with Crippen molar-refractivity contribution >= 4 is 9.84 Å². The third-order valence-corrected chi connectivity index (χ3v) is 3.76. The highest BCUT2D eigenvalue weighted by atomic mass is 32.2. The van der Waals surface area contributed by atoms with Crippen LogP contribution in [-0.4, -0.2) is 26.4 Å². The molecule has 1 aromatic rings. The highest BCUT2D eigenvalue weighted by Crippen LogP contribution is 2.16. The average Bonchev–Trinajstić information content (AvgIpc) is 2.15. The summed E-state index contributed by atoms with van der Waals surface area (Å²) < 4.78 is 42.3. The Balaban J connectivity index is 2.74. The van der Waals surface area contributed by atoms with E-state index < -0.39 is 21.3 Å². The Morgan fingerprint density at radius 1 is 1.24 bits per heavy atom. The number of hydrogen-bond acceptors (Lipinski definition) is 3. The van der Waals surface area contributed by atoms with Gasteiger partial charge in [0.2, 0.25) is 0 Å². The zero-order valence-electron chi connectivity index (χ0n) is 10.2. The molecule has 0 atom stereocenters. The maximum atomic E-state index is 13.3. The smallest absolute Gasteiger partial charge is 0.183 e. The lowest BCUT2D eigenvalue weighted by Crippen LogP contribution is -2.24. The number of sulfone groups is 1. The summed E-state index contributed by atoms with van der Waals surface area (Å²) in [7, 11) is -3.61. The molecule has 0 spiro atoms. The van der Waals surface area contributed by atoms with Gasteiger partial charge >= 0.3 is 0 Å². The summed E-state index contributed by atoms with van der Waals surface area (Å²) in [5.41, 5.74) is -0.398. The third kappa shape index (κ3) is 4.44. The molecule has 0 fully saturated rings. The largest absolute Gasteiger partial charge is 0.375 e. The van der Waals surface area contributed by atoms with Gasteiger partial charge in [0.1, 0.15) is 10.7 Å². The third-order valence-electron chi connectivity index (χ3n) is 2.06. The van der Waals surface area contributed by atoms with Crippen molar-refractivity contribution in [3.8, 4) is 0 Å². The topological polar surface area (TPSA) is 43.4 Å². The summed E-state index contributed by atoms with van der Waals surface area (Å²) in [6, 6.07) is 5.36. The Labute approximate surface area is 102 Å². The SMILES string of the molecule is CC(C)(C)OCCS(=O)(=O)c1ccccc1F. The van der Waals surface area contributed by atoms with E-state index in [1.807, 2.05) is 20.8 Å². The summed E-state index contributed by atoms with van der Waals surface area (Å²) >= 11 is 0. The van der Waals surface area contributed by atoms with Gasteiger partial charge < -0.3 is 4.74 Å². The lowest BCUT2D eigenvalue weighted by Gasteiger charge is -2.19. The van der Waals surface area contributed by atoms with Gasteiger partial charge in [0.05, 0.1) is 18.0 Å². The lowest BCUT2D eigenvalue weighted by molar-refractivity contribution is 0.00644. The summed E-state index contributed by atoms with van der Waals surface area (Å²) in [5.74, 6) is -0.936. The Kier molecular flexibility index (Phi) is 4.27. The van der Waals surface area contributed by atoms with Crippen molar-refractivity contribution in [2.24, 2.45) is 0 Å². The lowest BCUT2D eigenvalue weighted by atomic mass is 10.2. The summed E-state index contributed by atoms with van der Waals surface area (Å²) in [4.78, 5) is -0.266. The predicted molar refractivity (Wildman–Crippen MR) is 64.2 cm³/mol. The van der Waals surface area contributed by atoms with E-state index in [-0.39, 0.29) is 17.3 Å². The Hall–Kier alpha value is -0.940. The van der Waals surface area contributed by atoms with Crippen LogP contribution in [0.4, 0.5) is 4.39 Å². The summed E-state index contributed by atoms with van der Waals surface area (Å²) in [6.45, 7) is 5.56. The number of hydrogen-bond donors (Lipinski definition) is 0. The Morgan fingerprint density at radius 3 is 2.35 bits per heavy atom. The van der Waals surface area contributed by atoms with Crippen molar-refractivity contribution in [3.05, 3.63) is 30.1 Å². The molecule has 17 heavy (non-hydrogen) atoms. The van der Waals surface area contributed by atoms with Crippen molar-refractivity contribution in [3.63, 3.8) is 0 Å². The second kappa shape index (κ2) is 5.14. The molecule has 0 N–H and O–H groups in total. The molecule has 0 saturated heterocycles. The van der Waals surface area contributed by atoms with Crippen LogP contribution >= 0.6 is 0 Å².